The van der Waals surface area contributed by atoms with Crippen LogP contribution in [0.25, 0.3) is 0 Å². The van der Waals surface area contributed by atoms with Crippen LogP contribution in [0.2, 0.25) is 0 Å². The summed E-state index contributed by atoms with van der Waals surface area (Å²) in [6.45, 7) is 0.610. The van der Waals surface area contributed by atoms with Gasteiger partial charge in [-0.25, -0.2) is 5.43 Å². The van der Waals surface area contributed by atoms with Gasteiger partial charge in [0.2, 0.25) is 0 Å². The van der Waals surface area contributed by atoms with Crippen molar-refractivity contribution in [2.75, 3.05) is 12.0 Å². The highest BCUT2D eigenvalue weighted by Gasteiger charge is 2.09. The third kappa shape index (κ3) is 1.82. The number of benzene rings is 1. The Morgan fingerprint density at radius 2 is 2.08 bits per heavy atom. The average Bonchev–Trinajstić information content (AvgIpc) is 2.61. The molecule has 4 N–H and O–H groups in total. The van der Waals surface area contributed by atoms with Crippen LogP contribution >= 0.6 is 0 Å². The van der Waals surface area contributed by atoms with Gasteiger partial charge in [0.05, 0.1) is 6.67 Å². The van der Waals surface area contributed by atoms with Gasteiger partial charge in [-0.05, 0) is 42.5 Å². The third-order valence-corrected chi connectivity index (χ3v) is 2.49. The Kier molecular flexibility index (Phi) is 2.47. The van der Waals surface area contributed by atoms with Crippen LogP contribution in [-0.2, 0) is 12.8 Å². The Morgan fingerprint density at radius 3 is 2.92 bits per heavy atom. The van der Waals surface area contributed by atoms with Crippen LogP contribution in [0.5, 0.6) is 0 Å². The summed E-state index contributed by atoms with van der Waals surface area (Å²) in [5.74, 6) is 5.18. The van der Waals surface area contributed by atoms with E-state index in [1.807, 2.05) is 0 Å². The molecule has 0 radical (unpaired) electrons. The molecule has 0 saturated heterocycles. The van der Waals surface area contributed by atoms with E-state index in [1.54, 1.807) is 0 Å². The molecular weight excluding hydrogens is 162 g/mol. The number of hydrazine groups is 1. The lowest BCUT2D eigenvalue weighted by Crippen LogP contribution is -2.28. The van der Waals surface area contributed by atoms with Crippen molar-refractivity contribution in [1.82, 2.24) is 5.43 Å². The maximum absolute atomic E-state index is 5.18. The first-order valence-corrected chi connectivity index (χ1v) is 4.69. The molecule has 0 atom stereocenters. The summed E-state index contributed by atoms with van der Waals surface area (Å²) in [7, 11) is 0. The molecule has 0 unspecified atom stereocenters. The Balaban J connectivity index is 2.12. The number of nitrogens with two attached hydrogens (primary N) is 1. The largest absolute Gasteiger partial charge is 0.371 e. The van der Waals surface area contributed by atoms with Crippen LogP contribution < -0.4 is 16.6 Å². The maximum atomic E-state index is 5.18. The van der Waals surface area contributed by atoms with Gasteiger partial charge in [-0.3, -0.25) is 5.84 Å². The predicted molar refractivity (Wildman–Crippen MR) is 54.3 cm³/mol. The normalized spacial score (nSPS) is 14.2. The van der Waals surface area contributed by atoms with Crippen molar-refractivity contribution in [3.63, 3.8) is 0 Å². The summed E-state index contributed by atoms with van der Waals surface area (Å²) >= 11 is 0. The van der Waals surface area contributed by atoms with Gasteiger partial charge in [0, 0.05) is 5.69 Å². The highest BCUT2D eigenvalue weighted by molar-refractivity contribution is 5.49. The van der Waals surface area contributed by atoms with Gasteiger partial charge >= 0.3 is 0 Å². The molecule has 70 valence electrons. The second-order valence-electron chi connectivity index (χ2n) is 3.39. The van der Waals surface area contributed by atoms with E-state index in [-0.39, 0.29) is 0 Å². The predicted octanol–water partition coefficient (Wildman–Crippen LogP) is 1.01. The molecule has 0 bridgehead atoms. The number of aryl methyl sites for hydroxylation is 2. The summed E-state index contributed by atoms with van der Waals surface area (Å²) in [5.41, 5.74) is 6.72. The first kappa shape index (κ1) is 8.53. The molecular formula is C10H15N3. The molecule has 0 amide bonds. The van der Waals surface area contributed by atoms with Crippen LogP contribution in [0.1, 0.15) is 17.5 Å². The van der Waals surface area contributed by atoms with Crippen molar-refractivity contribution in [2.24, 2.45) is 5.84 Å². The van der Waals surface area contributed by atoms with E-state index >= 15 is 0 Å². The van der Waals surface area contributed by atoms with E-state index in [4.69, 9.17) is 5.84 Å². The highest BCUT2D eigenvalue weighted by Crippen LogP contribution is 2.24. The Morgan fingerprint density at radius 1 is 1.23 bits per heavy atom. The molecule has 0 heterocycles. The van der Waals surface area contributed by atoms with Crippen LogP contribution in [0, 0.1) is 0 Å². The minimum Gasteiger partial charge on any atom is -0.371 e. The van der Waals surface area contributed by atoms with Gasteiger partial charge in [-0.2, -0.15) is 0 Å². The molecule has 1 aliphatic rings. The summed E-state index contributed by atoms with van der Waals surface area (Å²) in [6, 6.07) is 6.54. The van der Waals surface area contributed by atoms with Gasteiger partial charge < -0.3 is 5.32 Å². The number of hydrogen-bond donors (Lipinski definition) is 3. The molecule has 0 aliphatic heterocycles. The van der Waals surface area contributed by atoms with Gasteiger partial charge in [0.15, 0.2) is 0 Å². The minimum atomic E-state index is 0.610. The average molecular weight is 177 g/mol. The number of fused-ring (bicyclic) bond motifs is 1. The summed E-state index contributed by atoms with van der Waals surface area (Å²) < 4.78 is 0. The lowest BCUT2D eigenvalue weighted by atomic mass is 10.1. The molecule has 0 spiro atoms. The van der Waals surface area contributed by atoms with Crippen LogP contribution in [0.15, 0.2) is 18.2 Å². The quantitative estimate of drug-likeness (QED) is 0.367. The van der Waals surface area contributed by atoms with E-state index in [0.717, 1.165) is 5.69 Å². The van der Waals surface area contributed by atoms with E-state index in [9.17, 15) is 0 Å². The Bertz CT molecular complexity index is 296. The third-order valence-electron chi connectivity index (χ3n) is 2.49. The SMILES string of the molecule is NNCNc1ccc2c(c1)CCC2. The number of anilines is 1. The zero-order valence-electron chi connectivity index (χ0n) is 7.64. The summed E-state index contributed by atoms with van der Waals surface area (Å²) in [4.78, 5) is 0. The molecule has 1 aliphatic carbocycles. The van der Waals surface area contributed by atoms with Gasteiger partial charge in [0.25, 0.3) is 0 Å². The van der Waals surface area contributed by atoms with E-state index in [1.165, 1.54) is 30.4 Å². The Labute approximate surface area is 78.3 Å². The highest BCUT2D eigenvalue weighted by atomic mass is 15.3. The van der Waals surface area contributed by atoms with Crippen molar-refractivity contribution in [3.05, 3.63) is 29.3 Å². The standard InChI is InChI=1S/C10H15N3/c11-13-7-12-10-5-4-8-2-1-3-9(8)6-10/h4-6,12-13H,1-3,7,11H2. The fourth-order valence-electron chi connectivity index (χ4n) is 1.83. The van der Waals surface area contributed by atoms with Crippen molar-refractivity contribution in [1.29, 1.82) is 0 Å². The van der Waals surface area contributed by atoms with E-state index in [0.29, 0.717) is 6.67 Å². The maximum Gasteiger partial charge on any atom is 0.0780 e. The zero-order chi connectivity index (χ0) is 9.10. The van der Waals surface area contributed by atoms with Crippen molar-refractivity contribution < 1.29 is 0 Å². The monoisotopic (exact) mass is 177 g/mol. The van der Waals surface area contributed by atoms with Gasteiger partial charge in [-0.1, -0.05) is 6.07 Å². The van der Waals surface area contributed by atoms with Crippen LogP contribution in [0.3, 0.4) is 0 Å². The van der Waals surface area contributed by atoms with Crippen LogP contribution in [-0.4, -0.2) is 6.67 Å². The fraction of sp³-hybridized carbons (Fsp3) is 0.400. The van der Waals surface area contributed by atoms with Gasteiger partial charge in [0.1, 0.15) is 0 Å². The molecule has 0 saturated carbocycles. The molecule has 13 heavy (non-hydrogen) atoms. The zero-order valence-corrected chi connectivity index (χ0v) is 7.64. The van der Waals surface area contributed by atoms with E-state index < -0.39 is 0 Å². The first-order chi connectivity index (χ1) is 6.40. The summed E-state index contributed by atoms with van der Waals surface area (Å²) in [5, 5.41) is 3.19. The molecule has 1 aromatic rings. The molecule has 2 rings (SSSR count). The molecule has 3 heteroatoms. The smallest absolute Gasteiger partial charge is 0.0780 e. The Hall–Kier alpha value is -1.06. The summed E-state index contributed by atoms with van der Waals surface area (Å²) in [6.07, 6.45) is 3.76. The first-order valence-electron chi connectivity index (χ1n) is 4.69. The van der Waals surface area contributed by atoms with Crippen molar-refractivity contribution >= 4 is 5.69 Å². The molecule has 0 fully saturated rings. The second kappa shape index (κ2) is 3.77. The lowest BCUT2D eigenvalue weighted by molar-refractivity contribution is 0.790. The lowest BCUT2D eigenvalue weighted by Gasteiger charge is -2.07. The molecule has 1 aromatic carbocycles. The van der Waals surface area contributed by atoms with Gasteiger partial charge in [-0.15, -0.1) is 0 Å². The second-order valence-corrected chi connectivity index (χ2v) is 3.39. The molecule has 0 aromatic heterocycles. The van der Waals surface area contributed by atoms with Crippen LogP contribution in [0.4, 0.5) is 5.69 Å². The van der Waals surface area contributed by atoms with E-state index in [2.05, 4.69) is 28.9 Å². The molecule has 3 nitrogen and oxygen atoms in total. The van der Waals surface area contributed by atoms with Crippen molar-refractivity contribution in [2.45, 2.75) is 19.3 Å². The minimum absolute atomic E-state index is 0.610. The number of rotatable bonds is 3. The topological polar surface area (TPSA) is 50.1 Å². The number of nitrogens with one attached hydrogen (secondary N) is 2. The fourth-order valence-corrected chi connectivity index (χ4v) is 1.83. The van der Waals surface area contributed by atoms with Crippen molar-refractivity contribution in [3.8, 4) is 0 Å². The number of hydrogen-bond acceptors (Lipinski definition) is 3.